The Kier molecular flexibility index (Phi) is 3.08. The van der Waals surface area contributed by atoms with Crippen molar-refractivity contribution in [1.29, 1.82) is 0 Å². The van der Waals surface area contributed by atoms with Crippen LogP contribution in [0.3, 0.4) is 0 Å². The second-order valence-electron chi connectivity index (χ2n) is 2.85. The van der Waals surface area contributed by atoms with E-state index in [9.17, 15) is 0 Å². The third-order valence-electron chi connectivity index (χ3n) is 1.88. The van der Waals surface area contributed by atoms with Gasteiger partial charge in [-0.15, -0.1) is 0 Å². The Hall–Kier alpha value is -0.580. The maximum absolute atomic E-state index is 3.21. The fraction of sp³-hybridized carbons (Fsp3) is 0.222. The van der Waals surface area contributed by atoms with E-state index in [0.29, 0.717) is 0 Å². The lowest BCUT2D eigenvalue weighted by Crippen LogP contribution is -3.00. The van der Waals surface area contributed by atoms with Gasteiger partial charge in [-0.2, -0.15) is 0 Å². The number of hydrogen-bond donors (Lipinski definition) is 1. The van der Waals surface area contributed by atoms with Crippen LogP contribution in [0.1, 0.15) is 5.56 Å². The summed E-state index contributed by atoms with van der Waals surface area (Å²) < 4.78 is 2.13. The maximum Gasteiger partial charge on any atom is 0.237 e. The van der Waals surface area contributed by atoms with Crippen molar-refractivity contribution in [3.63, 3.8) is 0 Å². The quantitative estimate of drug-likeness (QED) is 0.440. The first-order chi connectivity index (χ1) is 5.36. The molecule has 0 amide bonds. The molecular formula is C9H11IN2. The van der Waals surface area contributed by atoms with Crippen LogP contribution >= 0.6 is 0 Å². The molecule has 1 aliphatic heterocycles. The molecule has 0 radical (unpaired) electrons. The third kappa shape index (κ3) is 1.77. The summed E-state index contributed by atoms with van der Waals surface area (Å²) in [6.07, 6.45) is 1.99. The summed E-state index contributed by atoms with van der Waals surface area (Å²) in [6, 6.07) is 8.36. The fourth-order valence-electron chi connectivity index (χ4n) is 1.29. The lowest BCUT2D eigenvalue weighted by molar-refractivity contribution is -0.510. The molecular weight excluding hydrogens is 263 g/mol. The summed E-state index contributed by atoms with van der Waals surface area (Å²) in [6.45, 7) is 1.00. The molecule has 0 bridgehead atoms. The highest BCUT2D eigenvalue weighted by Crippen LogP contribution is 2.16. The number of benzene rings is 1. The van der Waals surface area contributed by atoms with E-state index in [-0.39, 0.29) is 24.0 Å². The average molecular weight is 274 g/mol. The van der Waals surface area contributed by atoms with E-state index in [1.807, 2.05) is 12.4 Å². The standard InChI is InChI=1S/C9H10N2.HI/c1-11-6-8-4-2-3-5-9(8)10-7-11;/h2-5,7H,6H2,1H3;1H. The molecule has 1 aromatic carbocycles. The fourth-order valence-corrected chi connectivity index (χ4v) is 1.29. The minimum atomic E-state index is 0. The van der Waals surface area contributed by atoms with Gasteiger partial charge in [0, 0.05) is 5.56 Å². The number of para-hydroxylation sites is 1. The van der Waals surface area contributed by atoms with E-state index in [1.165, 1.54) is 11.3 Å². The number of rotatable bonds is 0. The summed E-state index contributed by atoms with van der Waals surface area (Å²) in [7, 11) is 2.06. The van der Waals surface area contributed by atoms with Gasteiger partial charge < -0.3 is 24.0 Å². The second kappa shape index (κ2) is 3.89. The zero-order valence-corrected chi connectivity index (χ0v) is 9.08. The Morgan fingerprint density at radius 1 is 1.33 bits per heavy atom. The minimum absolute atomic E-state index is 0. The van der Waals surface area contributed by atoms with Gasteiger partial charge in [0.05, 0.1) is 7.05 Å². The van der Waals surface area contributed by atoms with Crippen molar-refractivity contribution in [3.05, 3.63) is 29.8 Å². The molecule has 1 heterocycles. The zero-order valence-electron chi connectivity index (χ0n) is 6.92. The Labute approximate surface area is 89.3 Å². The van der Waals surface area contributed by atoms with Crippen LogP contribution in [0.4, 0.5) is 5.69 Å². The largest absolute Gasteiger partial charge is 1.00 e. The van der Waals surface area contributed by atoms with Crippen LogP contribution in [-0.2, 0) is 6.54 Å². The van der Waals surface area contributed by atoms with E-state index in [2.05, 4.69) is 35.1 Å². The molecule has 0 atom stereocenters. The van der Waals surface area contributed by atoms with Gasteiger partial charge in [-0.3, -0.25) is 4.58 Å². The molecule has 64 valence electrons. The minimum Gasteiger partial charge on any atom is -1.00 e. The molecule has 12 heavy (non-hydrogen) atoms. The van der Waals surface area contributed by atoms with Crippen LogP contribution in [0.2, 0.25) is 0 Å². The highest BCUT2D eigenvalue weighted by atomic mass is 127. The lowest BCUT2D eigenvalue weighted by atomic mass is 10.1. The molecule has 0 aromatic heterocycles. The van der Waals surface area contributed by atoms with E-state index in [0.717, 1.165) is 6.54 Å². The Morgan fingerprint density at radius 3 is 2.92 bits per heavy atom. The molecule has 0 spiro atoms. The molecule has 0 saturated carbocycles. The van der Waals surface area contributed by atoms with Crippen molar-refractivity contribution in [2.45, 2.75) is 6.54 Å². The van der Waals surface area contributed by atoms with Gasteiger partial charge in [-0.05, 0) is 6.07 Å². The highest BCUT2D eigenvalue weighted by molar-refractivity contribution is 5.75. The molecule has 2 rings (SSSR count). The summed E-state index contributed by atoms with van der Waals surface area (Å²) in [4.78, 5) is 0. The SMILES string of the molecule is C[N+]1=CNc2ccccc2C1.[I-]. The zero-order chi connectivity index (χ0) is 7.68. The molecule has 0 unspecified atom stereocenters. The number of hydrogen-bond acceptors (Lipinski definition) is 1. The highest BCUT2D eigenvalue weighted by Gasteiger charge is 2.10. The first-order valence-corrected chi connectivity index (χ1v) is 3.74. The molecule has 1 aromatic rings. The first-order valence-electron chi connectivity index (χ1n) is 3.74. The molecule has 1 aliphatic rings. The average Bonchev–Trinajstić information content (AvgIpc) is 2.04. The summed E-state index contributed by atoms with van der Waals surface area (Å²) >= 11 is 0. The normalized spacial score (nSPS) is 13.6. The van der Waals surface area contributed by atoms with Crippen LogP contribution < -0.4 is 29.3 Å². The molecule has 0 aliphatic carbocycles. The van der Waals surface area contributed by atoms with E-state index in [4.69, 9.17) is 0 Å². The van der Waals surface area contributed by atoms with Crippen LogP contribution in [-0.4, -0.2) is 18.0 Å². The number of halogens is 1. The van der Waals surface area contributed by atoms with Crippen molar-refractivity contribution >= 4 is 12.0 Å². The van der Waals surface area contributed by atoms with Crippen molar-refractivity contribution in [1.82, 2.24) is 0 Å². The molecule has 3 heteroatoms. The molecule has 0 fully saturated rings. The van der Waals surface area contributed by atoms with E-state index < -0.39 is 0 Å². The van der Waals surface area contributed by atoms with Crippen molar-refractivity contribution in [3.8, 4) is 0 Å². The predicted molar refractivity (Wildman–Crippen MR) is 46.0 cm³/mol. The van der Waals surface area contributed by atoms with E-state index in [1.54, 1.807) is 0 Å². The summed E-state index contributed by atoms with van der Waals surface area (Å²) in [5, 5.41) is 3.21. The van der Waals surface area contributed by atoms with Crippen LogP contribution in [0, 0.1) is 0 Å². The Balaban J connectivity index is 0.000000720. The van der Waals surface area contributed by atoms with Gasteiger partial charge >= 0.3 is 0 Å². The Morgan fingerprint density at radius 2 is 2.08 bits per heavy atom. The van der Waals surface area contributed by atoms with Crippen molar-refractivity contribution in [2.24, 2.45) is 0 Å². The lowest BCUT2D eigenvalue weighted by Gasteiger charge is -2.10. The third-order valence-corrected chi connectivity index (χ3v) is 1.88. The maximum atomic E-state index is 3.21. The second-order valence-corrected chi connectivity index (χ2v) is 2.85. The molecule has 2 nitrogen and oxygen atoms in total. The van der Waals surface area contributed by atoms with Crippen molar-refractivity contribution in [2.75, 3.05) is 12.4 Å². The topological polar surface area (TPSA) is 15.0 Å². The Bertz CT molecular complexity index is 307. The van der Waals surface area contributed by atoms with Crippen LogP contribution in [0.15, 0.2) is 24.3 Å². The first kappa shape index (κ1) is 9.51. The van der Waals surface area contributed by atoms with Gasteiger partial charge in [0.2, 0.25) is 6.34 Å². The van der Waals surface area contributed by atoms with Gasteiger partial charge in [0.1, 0.15) is 12.2 Å². The predicted octanol–water partition coefficient (Wildman–Crippen LogP) is -1.71. The van der Waals surface area contributed by atoms with Crippen LogP contribution in [0.5, 0.6) is 0 Å². The van der Waals surface area contributed by atoms with Gasteiger partial charge in [0.15, 0.2) is 0 Å². The van der Waals surface area contributed by atoms with Gasteiger partial charge in [0.25, 0.3) is 0 Å². The number of nitrogens with zero attached hydrogens (tertiary/aromatic N) is 1. The summed E-state index contributed by atoms with van der Waals surface area (Å²) in [5.74, 6) is 0. The van der Waals surface area contributed by atoms with Gasteiger partial charge in [-0.25, -0.2) is 5.32 Å². The smallest absolute Gasteiger partial charge is 0.237 e. The van der Waals surface area contributed by atoms with Crippen molar-refractivity contribution < 1.29 is 28.6 Å². The number of fused-ring (bicyclic) bond motifs is 1. The number of nitrogens with one attached hydrogen (secondary N) is 1. The monoisotopic (exact) mass is 274 g/mol. The van der Waals surface area contributed by atoms with Crippen LogP contribution in [0.25, 0.3) is 0 Å². The summed E-state index contributed by atoms with van der Waals surface area (Å²) in [5.41, 5.74) is 2.59. The number of anilines is 1. The van der Waals surface area contributed by atoms with E-state index >= 15 is 0 Å². The van der Waals surface area contributed by atoms with Gasteiger partial charge in [-0.1, -0.05) is 18.2 Å². The molecule has 0 saturated heterocycles. The molecule has 1 N–H and O–H groups in total.